The van der Waals surface area contributed by atoms with Crippen molar-refractivity contribution in [1.29, 1.82) is 5.26 Å². The van der Waals surface area contributed by atoms with E-state index in [1.807, 2.05) is 6.07 Å². The minimum absolute atomic E-state index is 0.207. The van der Waals surface area contributed by atoms with Crippen LogP contribution in [0.25, 0.3) is 0 Å². The van der Waals surface area contributed by atoms with Crippen molar-refractivity contribution in [3.63, 3.8) is 0 Å². The van der Waals surface area contributed by atoms with Crippen molar-refractivity contribution < 1.29 is 9.53 Å². The van der Waals surface area contributed by atoms with Gasteiger partial charge < -0.3 is 9.64 Å². The number of hydrogen-bond acceptors (Lipinski definition) is 3. The zero-order chi connectivity index (χ0) is 14.6. The number of nitrogens with zero attached hydrogens (tertiary/aromatic N) is 2. The van der Waals surface area contributed by atoms with Crippen molar-refractivity contribution in [3.05, 3.63) is 28.2 Å². The molecule has 0 heterocycles. The van der Waals surface area contributed by atoms with Crippen molar-refractivity contribution in [2.75, 3.05) is 13.7 Å². The molecule has 0 fully saturated rings. The van der Waals surface area contributed by atoms with Crippen LogP contribution in [0, 0.1) is 11.3 Å². The highest BCUT2D eigenvalue weighted by atomic mass is 35.5. The molecule has 0 N–H and O–H groups in total. The first-order valence-electron chi connectivity index (χ1n) is 5.53. The molecule has 4 nitrogen and oxygen atoms in total. The summed E-state index contributed by atoms with van der Waals surface area (Å²) in [6.45, 7) is 3.09. The van der Waals surface area contributed by atoms with E-state index in [1.165, 1.54) is 11.0 Å². The molecule has 0 radical (unpaired) electrons. The standard InChI is InChI=1S/C13H14Cl2N2O2/c1-13(2,8-16)17(3)12(18)7-19-11-6-9(14)4-5-10(11)15/h4-6H,7H2,1-3H3. The Morgan fingerprint density at radius 1 is 1.47 bits per heavy atom. The molecule has 0 saturated carbocycles. The predicted octanol–water partition coefficient (Wildman–Crippen LogP) is 3.13. The quantitative estimate of drug-likeness (QED) is 0.858. The van der Waals surface area contributed by atoms with Gasteiger partial charge >= 0.3 is 0 Å². The van der Waals surface area contributed by atoms with Crippen LogP contribution in [0.4, 0.5) is 0 Å². The van der Waals surface area contributed by atoms with Crippen LogP contribution in [-0.2, 0) is 4.79 Å². The zero-order valence-electron chi connectivity index (χ0n) is 10.9. The third-order valence-electron chi connectivity index (χ3n) is 2.73. The number of likely N-dealkylation sites (N-methyl/N-ethyl adjacent to an activating group) is 1. The van der Waals surface area contributed by atoms with E-state index in [0.717, 1.165) is 0 Å². The third-order valence-corrected chi connectivity index (χ3v) is 3.28. The van der Waals surface area contributed by atoms with Crippen LogP contribution >= 0.6 is 23.2 Å². The molecule has 0 aliphatic rings. The van der Waals surface area contributed by atoms with Crippen molar-refractivity contribution >= 4 is 29.1 Å². The van der Waals surface area contributed by atoms with E-state index in [1.54, 1.807) is 33.0 Å². The second kappa shape index (κ2) is 6.14. The number of hydrogen-bond donors (Lipinski definition) is 0. The van der Waals surface area contributed by atoms with Crippen molar-refractivity contribution in [3.8, 4) is 11.8 Å². The largest absolute Gasteiger partial charge is 0.482 e. The van der Waals surface area contributed by atoms with Gasteiger partial charge in [-0.1, -0.05) is 23.2 Å². The van der Waals surface area contributed by atoms with Gasteiger partial charge in [-0.05, 0) is 26.0 Å². The molecular formula is C13H14Cl2N2O2. The molecule has 0 saturated heterocycles. The van der Waals surface area contributed by atoms with Gasteiger partial charge in [-0.15, -0.1) is 0 Å². The molecule has 1 aromatic carbocycles. The van der Waals surface area contributed by atoms with Crippen LogP contribution in [0.1, 0.15) is 13.8 Å². The molecule has 0 aliphatic heterocycles. The average molecular weight is 301 g/mol. The highest BCUT2D eigenvalue weighted by Crippen LogP contribution is 2.27. The Hall–Kier alpha value is -1.44. The number of rotatable bonds is 4. The first kappa shape index (κ1) is 15.6. The van der Waals surface area contributed by atoms with Gasteiger partial charge in [0.2, 0.25) is 0 Å². The second-order valence-electron chi connectivity index (χ2n) is 4.49. The molecule has 0 spiro atoms. The third kappa shape index (κ3) is 4.02. The number of benzene rings is 1. The Morgan fingerprint density at radius 2 is 2.11 bits per heavy atom. The number of halogens is 2. The van der Waals surface area contributed by atoms with Crippen LogP contribution < -0.4 is 4.74 Å². The lowest BCUT2D eigenvalue weighted by Crippen LogP contribution is -2.45. The van der Waals surface area contributed by atoms with E-state index in [0.29, 0.717) is 15.8 Å². The summed E-state index contributed by atoms with van der Waals surface area (Å²) in [6.07, 6.45) is 0. The van der Waals surface area contributed by atoms with Gasteiger partial charge in [0.1, 0.15) is 11.3 Å². The average Bonchev–Trinajstić information content (AvgIpc) is 2.38. The van der Waals surface area contributed by atoms with E-state index >= 15 is 0 Å². The second-order valence-corrected chi connectivity index (χ2v) is 5.33. The van der Waals surface area contributed by atoms with E-state index in [-0.39, 0.29) is 12.5 Å². The lowest BCUT2D eigenvalue weighted by Gasteiger charge is -2.29. The summed E-state index contributed by atoms with van der Waals surface area (Å²) in [6, 6.07) is 6.80. The van der Waals surface area contributed by atoms with E-state index < -0.39 is 5.54 Å². The van der Waals surface area contributed by atoms with Crippen LogP contribution in [0.3, 0.4) is 0 Å². The van der Waals surface area contributed by atoms with Gasteiger partial charge in [-0.25, -0.2) is 0 Å². The first-order valence-corrected chi connectivity index (χ1v) is 6.29. The summed E-state index contributed by atoms with van der Waals surface area (Å²) in [5, 5.41) is 9.80. The molecule has 1 rings (SSSR count). The molecule has 102 valence electrons. The Balaban J connectivity index is 2.70. The maximum Gasteiger partial charge on any atom is 0.261 e. The van der Waals surface area contributed by atoms with Crippen LogP contribution in [-0.4, -0.2) is 30.0 Å². The Kier molecular flexibility index (Phi) is 5.04. The van der Waals surface area contributed by atoms with Crippen molar-refractivity contribution in [2.24, 2.45) is 0 Å². The highest BCUT2D eigenvalue weighted by Gasteiger charge is 2.27. The summed E-state index contributed by atoms with van der Waals surface area (Å²) < 4.78 is 5.32. The van der Waals surface area contributed by atoms with E-state index in [9.17, 15) is 4.79 Å². The van der Waals surface area contributed by atoms with E-state index in [2.05, 4.69) is 0 Å². The number of amides is 1. The fourth-order valence-electron chi connectivity index (χ4n) is 1.21. The van der Waals surface area contributed by atoms with Crippen molar-refractivity contribution in [1.82, 2.24) is 4.90 Å². The zero-order valence-corrected chi connectivity index (χ0v) is 12.4. The molecule has 1 amide bonds. The lowest BCUT2D eigenvalue weighted by molar-refractivity contribution is -0.135. The lowest BCUT2D eigenvalue weighted by atomic mass is 10.1. The Bertz CT molecular complexity index is 524. The molecule has 0 atom stereocenters. The van der Waals surface area contributed by atoms with Gasteiger partial charge in [0.25, 0.3) is 5.91 Å². The topological polar surface area (TPSA) is 53.3 Å². The molecule has 0 unspecified atom stereocenters. The molecule has 6 heteroatoms. The monoisotopic (exact) mass is 300 g/mol. The maximum absolute atomic E-state index is 11.9. The maximum atomic E-state index is 11.9. The van der Waals surface area contributed by atoms with Gasteiger partial charge in [-0.3, -0.25) is 4.79 Å². The number of nitriles is 1. The van der Waals surface area contributed by atoms with Gasteiger partial charge in [0, 0.05) is 18.1 Å². The number of ether oxygens (including phenoxy) is 1. The van der Waals surface area contributed by atoms with Crippen LogP contribution in [0.2, 0.25) is 10.0 Å². The van der Waals surface area contributed by atoms with Gasteiger partial charge in [0.05, 0.1) is 11.1 Å². The summed E-state index contributed by atoms with van der Waals surface area (Å²) >= 11 is 11.7. The minimum atomic E-state index is -0.890. The fraction of sp³-hybridized carbons (Fsp3) is 0.385. The molecule has 0 aromatic heterocycles. The summed E-state index contributed by atoms with van der Waals surface area (Å²) in [5.74, 6) is 0.0215. The Morgan fingerprint density at radius 3 is 2.68 bits per heavy atom. The Labute approximate surface area is 122 Å². The predicted molar refractivity (Wildman–Crippen MR) is 74.4 cm³/mol. The number of carbonyl (C=O) groups is 1. The molecule has 19 heavy (non-hydrogen) atoms. The van der Waals surface area contributed by atoms with Gasteiger partial charge in [-0.2, -0.15) is 5.26 Å². The SMILES string of the molecule is CN(C(=O)COc1cc(Cl)ccc1Cl)C(C)(C)C#N. The normalized spacial score (nSPS) is 10.7. The highest BCUT2D eigenvalue weighted by molar-refractivity contribution is 6.34. The van der Waals surface area contributed by atoms with Crippen LogP contribution in [0.15, 0.2) is 18.2 Å². The summed E-state index contributed by atoms with van der Waals surface area (Å²) in [4.78, 5) is 13.2. The molecule has 0 bridgehead atoms. The molecular weight excluding hydrogens is 287 g/mol. The first-order chi connectivity index (χ1) is 8.77. The van der Waals surface area contributed by atoms with Gasteiger partial charge in [0.15, 0.2) is 6.61 Å². The smallest absolute Gasteiger partial charge is 0.261 e. The fourth-order valence-corrected chi connectivity index (χ4v) is 1.55. The molecule has 1 aromatic rings. The molecule has 0 aliphatic carbocycles. The van der Waals surface area contributed by atoms with Crippen molar-refractivity contribution in [2.45, 2.75) is 19.4 Å². The minimum Gasteiger partial charge on any atom is -0.482 e. The van der Waals surface area contributed by atoms with E-state index in [4.69, 9.17) is 33.2 Å². The van der Waals surface area contributed by atoms with Crippen LogP contribution in [0.5, 0.6) is 5.75 Å². The summed E-state index contributed by atoms with van der Waals surface area (Å²) in [5.41, 5.74) is -0.890. The number of carbonyl (C=O) groups excluding carboxylic acids is 1. The summed E-state index contributed by atoms with van der Waals surface area (Å²) in [7, 11) is 1.55.